The lowest BCUT2D eigenvalue weighted by molar-refractivity contribution is -0.384. The lowest BCUT2D eigenvalue weighted by Crippen LogP contribution is -2.44. The van der Waals surface area contributed by atoms with Gasteiger partial charge in [0.15, 0.2) is 0 Å². The third kappa shape index (κ3) is 2.18. The largest absolute Gasteiger partial charge is 0.363 e. The zero-order valence-corrected chi connectivity index (χ0v) is 9.14. The molecule has 0 fully saturated rings. The SMILES string of the molecule is CC(N)(O)S(=O)(=O)c1ccc([N+](=O)[O-])cc1. The molecule has 0 saturated heterocycles. The van der Waals surface area contributed by atoms with Gasteiger partial charge < -0.3 is 5.11 Å². The van der Waals surface area contributed by atoms with Crippen LogP contribution in [0.4, 0.5) is 5.69 Å². The minimum Gasteiger partial charge on any atom is -0.363 e. The zero-order valence-electron chi connectivity index (χ0n) is 8.32. The van der Waals surface area contributed by atoms with Crippen LogP contribution in [0.2, 0.25) is 0 Å². The molecular formula is C8H10N2O5S. The normalized spacial score (nSPS) is 15.4. The summed E-state index contributed by atoms with van der Waals surface area (Å²) in [4.78, 5) is 9.41. The van der Waals surface area contributed by atoms with E-state index in [4.69, 9.17) is 5.73 Å². The Kier molecular flexibility index (Phi) is 2.99. The fraction of sp³-hybridized carbons (Fsp3) is 0.250. The first-order valence-electron chi connectivity index (χ1n) is 4.16. The van der Waals surface area contributed by atoms with Crippen molar-refractivity contribution in [3.63, 3.8) is 0 Å². The predicted octanol–water partition coefficient (Wildman–Crippen LogP) is -0.00680. The maximum absolute atomic E-state index is 11.6. The van der Waals surface area contributed by atoms with Crippen LogP contribution in [0.15, 0.2) is 29.2 Å². The van der Waals surface area contributed by atoms with Crippen LogP contribution in [0.5, 0.6) is 0 Å². The first-order valence-corrected chi connectivity index (χ1v) is 5.65. The van der Waals surface area contributed by atoms with Crippen molar-refractivity contribution >= 4 is 15.5 Å². The van der Waals surface area contributed by atoms with E-state index >= 15 is 0 Å². The van der Waals surface area contributed by atoms with Crippen molar-refractivity contribution in [1.29, 1.82) is 0 Å². The molecule has 0 heterocycles. The van der Waals surface area contributed by atoms with Crippen molar-refractivity contribution in [3.05, 3.63) is 34.4 Å². The molecule has 0 radical (unpaired) electrons. The number of hydrogen-bond acceptors (Lipinski definition) is 6. The predicted molar refractivity (Wildman–Crippen MR) is 55.1 cm³/mol. The van der Waals surface area contributed by atoms with Crippen molar-refractivity contribution in [2.24, 2.45) is 5.73 Å². The fourth-order valence-electron chi connectivity index (χ4n) is 0.986. The number of nitrogens with two attached hydrogens (primary N) is 1. The van der Waals surface area contributed by atoms with Gasteiger partial charge in [0.25, 0.3) is 5.69 Å². The van der Waals surface area contributed by atoms with Crippen LogP contribution >= 0.6 is 0 Å². The molecule has 0 aromatic heterocycles. The number of nitrogens with zero attached hydrogens (tertiary/aromatic N) is 1. The van der Waals surface area contributed by atoms with Gasteiger partial charge in [-0.15, -0.1) is 0 Å². The molecule has 0 aliphatic rings. The van der Waals surface area contributed by atoms with E-state index in [2.05, 4.69) is 0 Å². The number of nitro benzene ring substituents is 1. The Balaban J connectivity index is 3.23. The van der Waals surface area contributed by atoms with Crippen molar-refractivity contribution in [1.82, 2.24) is 0 Å². The molecular weight excluding hydrogens is 236 g/mol. The summed E-state index contributed by atoms with van der Waals surface area (Å²) in [7, 11) is -4.11. The number of sulfone groups is 1. The van der Waals surface area contributed by atoms with E-state index in [1.54, 1.807) is 0 Å². The molecule has 1 aromatic rings. The summed E-state index contributed by atoms with van der Waals surface area (Å²) in [6, 6.07) is 4.10. The third-order valence-corrected chi connectivity index (χ3v) is 3.88. The Labute approximate surface area is 91.6 Å². The molecule has 0 aliphatic heterocycles. The first-order chi connectivity index (χ1) is 7.16. The van der Waals surface area contributed by atoms with Gasteiger partial charge in [0.1, 0.15) is 0 Å². The molecule has 0 bridgehead atoms. The summed E-state index contributed by atoms with van der Waals surface area (Å²) in [5.41, 5.74) is 4.84. The number of nitro groups is 1. The summed E-state index contributed by atoms with van der Waals surface area (Å²) in [6.07, 6.45) is 0. The van der Waals surface area contributed by atoms with Gasteiger partial charge in [-0.25, -0.2) is 8.42 Å². The molecule has 8 heteroatoms. The highest BCUT2D eigenvalue weighted by atomic mass is 32.2. The fourth-order valence-corrected chi connectivity index (χ4v) is 1.96. The van der Waals surface area contributed by atoms with E-state index in [0.29, 0.717) is 0 Å². The van der Waals surface area contributed by atoms with Crippen molar-refractivity contribution in [2.75, 3.05) is 0 Å². The molecule has 0 spiro atoms. The summed E-state index contributed by atoms with van der Waals surface area (Å²) in [5.74, 6) is 0. The smallest absolute Gasteiger partial charge is 0.269 e. The van der Waals surface area contributed by atoms with Gasteiger partial charge >= 0.3 is 0 Å². The molecule has 1 aromatic carbocycles. The number of rotatable bonds is 3. The highest BCUT2D eigenvalue weighted by Crippen LogP contribution is 2.21. The Morgan fingerprint density at radius 2 is 1.81 bits per heavy atom. The highest BCUT2D eigenvalue weighted by Gasteiger charge is 2.34. The Hall–Kier alpha value is -1.51. The van der Waals surface area contributed by atoms with E-state index < -0.39 is 19.8 Å². The Morgan fingerprint density at radius 3 is 2.12 bits per heavy atom. The molecule has 0 saturated carbocycles. The minimum absolute atomic E-state index is 0.240. The first kappa shape index (κ1) is 12.6. The number of hydrogen-bond donors (Lipinski definition) is 2. The molecule has 88 valence electrons. The van der Waals surface area contributed by atoms with Gasteiger partial charge in [0, 0.05) is 12.1 Å². The standard InChI is InChI=1S/C8H10N2O5S/c1-8(9,11)16(14,15)7-4-2-6(3-5-7)10(12)13/h2-5,11H,9H2,1H3. The molecule has 16 heavy (non-hydrogen) atoms. The van der Waals surface area contributed by atoms with E-state index in [1.165, 1.54) is 0 Å². The lowest BCUT2D eigenvalue weighted by atomic mass is 10.3. The molecule has 0 aliphatic carbocycles. The quantitative estimate of drug-likeness (QED) is 0.439. The lowest BCUT2D eigenvalue weighted by Gasteiger charge is -2.17. The molecule has 1 rings (SSSR count). The second-order valence-electron chi connectivity index (χ2n) is 3.31. The Bertz CT molecular complexity index is 500. The molecule has 0 amide bonds. The maximum atomic E-state index is 11.6. The average Bonchev–Trinajstić information content (AvgIpc) is 2.16. The van der Waals surface area contributed by atoms with Crippen molar-refractivity contribution < 1.29 is 18.4 Å². The maximum Gasteiger partial charge on any atom is 0.269 e. The molecule has 1 atom stereocenters. The van der Waals surface area contributed by atoms with Crippen LogP contribution in [0.1, 0.15) is 6.92 Å². The van der Waals surface area contributed by atoms with Crippen LogP contribution < -0.4 is 5.73 Å². The zero-order chi connectivity index (χ0) is 12.6. The van der Waals surface area contributed by atoms with Crippen LogP contribution in [0.3, 0.4) is 0 Å². The van der Waals surface area contributed by atoms with E-state index in [0.717, 1.165) is 31.2 Å². The minimum atomic E-state index is -4.11. The van der Waals surface area contributed by atoms with Gasteiger partial charge in [-0.05, 0) is 19.1 Å². The van der Waals surface area contributed by atoms with Gasteiger partial charge in [0.05, 0.1) is 9.82 Å². The monoisotopic (exact) mass is 246 g/mol. The van der Waals surface area contributed by atoms with Gasteiger partial charge in [-0.2, -0.15) is 0 Å². The van der Waals surface area contributed by atoms with Crippen molar-refractivity contribution in [3.8, 4) is 0 Å². The number of aliphatic hydroxyl groups is 1. The molecule has 7 nitrogen and oxygen atoms in total. The molecule has 3 N–H and O–H groups in total. The third-order valence-electron chi connectivity index (χ3n) is 1.90. The summed E-state index contributed by atoms with van der Waals surface area (Å²) >= 11 is 0. The highest BCUT2D eigenvalue weighted by molar-refractivity contribution is 7.92. The van der Waals surface area contributed by atoms with Gasteiger partial charge in [0.2, 0.25) is 14.9 Å². The van der Waals surface area contributed by atoms with E-state index in [9.17, 15) is 23.6 Å². The van der Waals surface area contributed by atoms with E-state index in [1.807, 2.05) is 0 Å². The average molecular weight is 246 g/mol. The Morgan fingerprint density at radius 1 is 1.38 bits per heavy atom. The van der Waals surface area contributed by atoms with Crippen LogP contribution in [0.25, 0.3) is 0 Å². The van der Waals surface area contributed by atoms with Crippen LogP contribution in [0, 0.1) is 10.1 Å². The summed E-state index contributed by atoms with van der Waals surface area (Å²) in [6.45, 7) is 0.920. The second kappa shape index (κ2) is 3.81. The second-order valence-corrected chi connectivity index (χ2v) is 5.61. The number of non-ortho nitro benzene ring substituents is 1. The van der Waals surface area contributed by atoms with Gasteiger partial charge in [-0.3, -0.25) is 15.8 Å². The van der Waals surface area contributed by atoms with Crippen LogP contribution in [-0.4, -0.2) is 23.5 Å². The number of benzene rings is 1. The van der Waals surface area contributed by atoms with E-state index in [-0.39, 0.29) is 10.6 Å². The topological polar surface area (TPSA) is 124 Å². The molecule has 1 unspecified atom stereocenters. The summed E-state index contributed by atoms with van der Waals surface area (Å²) in [5, 5.41) is 17.2. The van der Waals surface area contributed by atoms with Gasteiger partial charge in [-0.1, -0.05) is 0 Å². The van der Waals surface area contributed by atoms with Crippen molar-refractivity contribution in [2.45, 2.75) is 16.9 Å². The summed E-state index contributed by atoms with van der Waals surface area (Å²) < 4.78 is 23.2. The van der Waals surface area contributed by atoms with Crippen LogP contribution in [-0.2, 0) is 9.84 Å².